The Morgan fingerprint density at radius 2 is 1.93 bits per heavy atom. The number of aromatic nitrogens is 1. The first-order chi connectivity index (χ1) is 12.9. The van der Waals surface area contributed by atoms with Crippen LogP contribution in [0.4, 0.5) is 0 Å². The Morgan fingerprint density at radius 3 is 2.59 bits per heavy atom. The Balaban J connectivity index is 2.07. The van der Waals surface area contributed by atoms with Gasteiger partial charge < -0.3 is 9.47 Å². The molecule has 0 unspecified atom stereocenters. The van der Waals surface area contributed by atoms with Gasteiger partial charge in [-0.15, -0.1) is 0 Å². The van der Waals surface area contributed by atoms with Gasteiger partial charge in [0, 0.05) is 43.3 Å². The van der Waals surface area contributed by atoms with E-state index in [2.05, 4.69) is 4.57 Å². The Bertz CT molecular complexity index is 1090. The predicted molar refractivity (Wildman–Crippen MR) is 110 cm³/mol. The van der Waals surface area contributed by atoms with Gasteiger partial charge in [-0.25, -0.2) is 0 Å². The fourth-order valence-corrected chi connectivity index (χ4v) is 3.21. The SMILES string of the molecule is CN(C)C(=O)/C(C#N)=C\c1cn(Cc2ccc(Cl)c(Cl)c2)c2ccccc12. The molecule has 1 heterocycles. The zero-order valence-corrected chi connectivity index (χ0v) is 16.4. The van der Waals surface area contributed by atoms with E-state index >= 15 is 0 Å². The van der Waals surface area contributed by atoms with Crippen molar-refractivity contribution in [1.82, 2.24) is 9.47 Å². The van der Waals surface area contributed by atoms with Gasteiger partial charge in [0.15, 0.2) is 0 Å². The van der Waals surface area contributed by atoms with E-state index in [9.17, 15) is 10.1 Å². The number of para-hydroxylation sites is 1. The zero-order valence-electron chi connectivity index (χ0n) is 14.9. The number of benzene rings is 2. The summed E-state index contributed by atoms with van der Waals surface area (Å²) < 4.78 is 2.07. The number of rotatable bonds is 4. The molecular formula is C21H17Cl2N3O. The van der Waals surface area contributed by atoms with Gasteiger partial charge in [-0.1, -0.05) is 47.5 Å². The van der Waals surface area contributed by atoms with Crippen LogP contribution >= 0.6 is 23.2 Å². The second kappa shape index (κ2) is 7.87. The number of fused-ring (bicyclic) bond motifs is 1. The fraction of sp³-hybridized carbons (Fsp3) is 0.143. The molecule has 0 fully saturated rings. The molecule has 4 nitrogen and oxygen atoms in total. The molecule has 6 heteroatoms. The van der Waals surface area contributed by atoms with Gasteiger partial charge >= 0.3 is 0 Å². The van der Waals surface area contributed by atoms with Crippen molar-refractivity contribution in [3.8, 4) is 6.07 Å². The third-order valence-corrected chi connectivity index (χ3v) is 4.95. The van der Waals surface area contributed by atoms with Crippen molar-refractivity contribution in [3.05, 3.63) is 75.4 Å². The Hall–Kier alpha value is -2.74. The average molecular weight is 398 g/mol. The van der Waals surface area contributed by atoms with E-state index in [-0.39, 0.29) is 11.5 Å². The monoisotopic (exact) mass is 397 g/mol. The molecular weight excluding hydrogens is 381 g/mol. The largest absolute Gasteiger partial charge is 0.344 e. The molecule has 3 aromatic rings. The highest BCUT2D eigenvalue weighted by Gasteiger charge is 2.14. The summed E-state index contributed by atoms with van der Waals surface area (Å²) in [5.74, 6) is -0.321. The number of likely N-dealkylation sites (N-methyl/N-ethyl adjacent to an activating group) is 1. The molecule has 0 radical (unpaired) electrons. The third kappa shape index (κ3) is 4.00. The molecule has 3 rings (SSSR count). The summed E-state index contributed by atoms with van der Waals surface area (Å²) in [5, 5.41) is 11.4. The van der Waals surface area contributed by atoms with Crippen LogP contribution in [-0.2, 0) is 11.3 Å². The maximum atomic E-state index is 12.2. The minimum atomic E-state index is -0.321. The van der Waals surface area contributed by atoms with Crippen LogP contribution in [0, 0.1) is 11.3 Å². The molecule has 0 saturated carbocycles. The smallest absolute Gasteiger partial charge is 0.264 e. The minimum Gasteiger partial charge on any atom is -0.344 e. The number of carbonyl (C=O) groups is 1. The number of halogens is 2. The maximum absolute atomic E-state index is 12.2. The molecule has 0 aliphatic heterocycles. The normalized spacial score (nSPS) is 11.4. The lowest BCUT2D eigenvalue weighted by molar-refractivity contribution is -0.124. The first kappa shape index (κ1) is 19.0. The van der Waals surface area contributed by atoms with Crippen LogP contribution in [0.2, 0.25) is 10.0 Å². The van der Waals surface area contributed by atoms with Crippen molar-refractivity contribution in [2.45, 2.75) is 6.54 Å². The molecule has 0 N–H and O–H groups in total. The number of amides is 1. The van der Waals surface area contributed by atoms with E-state index in [0.29, 0.717) is 16.6 Å². The highest BCUT2D eigenvalue weighted by Crippen LogP contribution is 2.27. The Morgan fingerprint density at radius 1 is 1.19 bits per heavy atom. The number of nitriles is 1. The Labute approximate surface area is 167 Å². The first-order valence-electron chi connectivity index (χ1n) is 8.26. The van der Waals surface area contributed by atoms with Crippen molar-refractivity contribution >= 4 is 46.1 Å². The van der Waals surface area contributed by atoms with Gasteiger partial charge in [-0.2, -0.15) is 5.26 Å². The quantitative estimate of drug-likeness (QED) is 0.459. The summed E-state index contributed by atoms with van der Waals surface area (Å²) in [6.45, 7) is 0.592. The predicted octanol–water partition coefficient (Wildman–Crippen LogP) is 4.99. The molecule has 0 aliphatic carbocycles. The van der Waals surface area contributed by atoms with Gasteiger partial charge in [0.25, 0.3) is 5.91 Å². The molecule has 0 aliphatic rings. The van der Waals surface area contributed by atoms with Crippen LogP contribution in [0.3, 0.4) is 0 Å². The maximum Gasteiger partial charge on any atom is 0.264 e. The lowest BCUT2D eigenvalue weighted by Gasteiger charge is -2.08. The molecule has 1 aromatic heterocycles. The summed E-state index contributed by atoms with van der Waals surface area (Å²) in [5.41, 5.74) is 2.92. The number of carbonyl (C=O) groups excluding carboxylic acids is 1. The average Bonchev–Trinajstić information content (AvgIpc) is 2.99. The van der Waals surface area contributed by atoms with Gasteiger partial charge in [0.05, 0.1) is 10.0 Å². The molecule has 0 bridgehead atoms. The van der Waals surface area contributed by atoms with E-state index in [1.807, 2.05) is 48.7 Å². The van der Waals surface area contributed by atoms with Crippen molar-refractivity contribution in [2.75, 3.05) is 14.1 Å². The van der Waals surface area contributed by atoms with Gasteiger partial charge in [-0.05, 0) is 29.8 Å². The molecule has 136 valence electrons. The number of nitrogens with zero attached hydrogens (tertiary/aromatic N) is 3. The second-order valence-electron chi connectivity index (χ2n) is 6.35. The van der Waals surface area contributed by atoms with Crippen molar-refractivity contribution in [2.24, 2.45) is 0 Å². The third-order valence-electron chi connectivity index (χ3n) is 4.21. The van der Waals surface area contributed by atoms with E-state index < -0.39 is 0 Å². The van der Waals surface area contributed by atoms with E-state index in [1.165, 1.54) is 4.90 Å². The summed E-state index contributed by atoms with van der Waals surface area (Å²) in [6.07, 6.45) is 3.57. The number of hydrogen-bond donors (Lipinski definition) is 0. The zero-order chi connectivity index (χ0) is 19.6. The van der Waals surface area contributed by atoms with Crippen LogP contribution < -0.4 is 0 Å². The van der Waals surface area contributed by atoms with E-state index in [1.54, 1.807) is 26.2 Å². The van der Waals surface area contributed by atoms with Crippen LogP contribution in [-0.4, -0.2) is 29.5 Å². The molecule has 1 amide bonds. The van der Waals surface area contributed by atoms with Crippen LogP contribution in [0.25, 0.3) is 17.0 Å². The van der Waals surface area contributed by atoms with Crippen LogP contribution in [0.1, 0.15) is 11.1 Å². The van der Waals surface area contributed by atoms with Crippen LogP contribution in [0.15, 0.2) is 54.2 Å². The molecule has 0 spiro atoms. The summed E-state index contributed by atoms with van der Waals surface area (Å²) in [4.78, 5) is 13.6. The van der Waals surface area contributed by atoms with Crippen LogP contribution in [0.5, 0.6) is 0 Å². The molecule has 0 atom stereocenters. The minimum absolute atomic E-state index is 0.0949. The van der Waals surface area contributed by atoms with Gasteiger partial charge in [0.1, 0.15) is 11.6 Å². The van der Waals surface area contributed by atoms with Crippen molar-refractivity contribution < 1.29 is 4.79 Å². The van der Waals surface area contributed by atoms with E-state index in [0.717, 1.165) is 22.0 Å². The summed E-state index contributed by atoms with van der Waals surface area (Å²) >= 11 is 12.1. The molecule has 27 heavy (non-hydrogen) atoms. The highest BCUT2D eigenvalue weighted by atomic mass is 35.5. The van der Waals surface area contributed by atoms with Gasteiger partial charge in [0.2, 0.25) is 0 Å². The second-order valence-corrected chi connectivity index (χ2v) is 7.16. The van der Waals surface area contributed by atoms with Gasteiger partial charge in [-0.3, -0.25) is 4.79 Å². The topological polar surface area (TPSA) is 49.0 Å². The lowest BCUT2D eigenvalue weighted by Crippen LogP contribution is -2.22. The standard InChI is InChI=1S/C21H17Cl2N3O/c1-25(2)21(27)15(11-24)10-16-13-26(20-6-4-3-5-17(16)20)12-14-7-8-18(22)19(23)9-14/h3-10,13H,12H2,1-2H3/b15-10-. The molecule has 2 aromatic carbocycles. The van der Waals surface area contributed by atoms with Crippen molar-refractivity contribution in [1.29, 1.82) is 5.26 Å². The Kier molecular flexibility index (Phi) is 5.55. The first-order valence-corrected chi connectivity index (χ1v) is 9.01. The number of hydrogen-bond acceptors (Lipinski definition) is 2. The molecule has 0 saturated heterocycles. The van der Waals surface area contributed by atoms with Crippen molar-refractivity contribution in [3.63, 3.8) is 0 Å². The highest BCUT2D eigenvalue weighted by molar-refractivity contribution is 6.42. The summed E-state index contributed by atoms with van der Waals surface area (Å²) in [7, 11) is 3.25. The fourth-order valence-electron chi connectivity index (χ4n) is 2.89. The van der Waals surface area contributed by atoms with E-state index in [4.69, 9.17) is 23.2 Å². The lowest BCUT2D eigenvalue weighted by atomic mass is 10.1. The summed E-state index contributed by atoms with van der Waals surface area (Å²) in [6, 6.07) is 15.4.